The van der Waals surface area contributed by atoms with Crippen LogP contribution in [0.1, 0.15) is 36.2 Å². The Morgan fingerprint density at radius 2 is 2.05 bits per heavy atom. The molecule has 1 aliphatic carbocycles. The van der Waals surface area contributed by atoms with Crippen LogP contribution >= 0.6 is 11.8 Å². The smallest absolute Gasteiger partial charge is 0.271 e. The third-order valence-electron chi connectivity index (χ3n) is 3.97. The minimum absolute atomic E-state index is 0.00348. The van der Waals surface area contributed by atoms with E-state index in [9.17, 15) is 13.2 Å². The summed E-state index contributed by atoms with van der Waals surface area (Å²) in [6, 6.07) is 3.06. The van der Waals surface area contributed by atoms with E-state index in [4.69, 9.17) is 0 Å². The molecule has 0 saturated heterocycles. The van der Waals surface area contributed by atoms with Crippen LogP contribution in [0.5, 0.6) is 0 Å². The summed E-state index contributed by atoms with van der Waals surface area (Å²) in [5, 5.41) is 2.94. The summed E-state index contributed by atoms with van der Waals surface area (Å²) >= 11 is 1.86. The third-order valence-corrected chi connectivity index (χ3v) is 5.90. The molecule has 0 radical (unpaired) electrons. The number of amides is 1. The Balaban J connectivity index is 2.02. The second-order valence-corrected chi connectivity index (χ2v) is 8.66. The molecule has 22 heavy (non-hydrogen) atoms. The molecule has 0 aromatic carbocycles. The van der Waals surface area contributed by atoms with Crippen LogP contribution in [0.25, 0.3) is 0 Å². The molecule has 1 heterocycles. The summed E-state index contributed by atoms with van der Waals surface area (Å²) in [4.78, 5) is 16.3. The Labute approximate surface area is 136 Å². The molecule has 122 valence electrons. The molecule has 0 aliphatic heterocycles. The molecular formula is C15H22N2O3S2. The standard InChI is InChI=1S/C15H22N2O3S2/c1-21-10-11-5-7-12(8-6-11)17-15(18)14-13(22(2,19)20)4-3-9-16-14/h3-4,9,11-12H,5-8,10H2,1-2H3,(H,17,18). The maximum absolute atomic E-state index is 12.3. The zero-order chi connectivity index (χ0) is 16.2. The first kappa shape index (κ1) is 17.3. The van der Waals surface area contributed by atoms with Gasteiger partial charge in [-0.2, -0.15) is 11.8 Å². The molecule has 1 aromatic heterocycles. The topological polar surface area (TPSA) is 76.1 Å². The minimum atomic E-state index is -3.46. The second-order valence-electron chi connectivity index (χ2n) is 5.77. The monoisotopic (exact) mass is 342 g/mol. The van der Waals surface area contributed by atoms with Crippen molar-refractivity contribution in [3.63, 3.8) is 0 Å². The van der Waals surface area contributed by atoms with Crippen molar-refractivity contribution in [3.05, 3.63) is 24.0 Å². The highest BCUT2D eigenvalue weighted by molar-refractivity contribution is 7.98. The molecule has 0 atom stereocenters. The van der Waals surface area contributed by atoms with Gasteiger partial charge in [0.15, 0.2) is 9.84 Å². The Hall–Kier alpha value is -1.08. The number of rotatable bonds is 5. The highest BCUT2D eigenvalue weighted by Gasteiger charge is 2.25. The van der Waals surface area contributed by atoms with E-state index in [-0.39, 0.29) is 16.6 Å². The van der Waals surface area contributed by atoms with Gasteiger partial charge in [0.25, 0.3) is 5.91 Å². The van der Waals surface area contributed by atoms with E-state index in [0.717, 1.165) is 37.9 Å². The van der Waals surface area contributed by atoms with Gasteiger partial charge in [0.05, 0.1) is 4.90 Å². The maximum Gasteiger partial charge on any atom is 0.271 e. The van der Waals surface area contributed by atoms with Crippen molar-refractivity contribution in [1.82, 2.24) is 10.3 Å². The van der Waals surface area contributed by atoms with E-state index < -0.39 is 15.7 Å². The predicted molar refractivity (Wildman–Crippen MR) is 88.9 cm³/mol. The first-order valence-corrected chi connectivity index (χ1v) is 10.6. The number of sulfone groups is 1. The maximum atomic E-state index is 12.3. The number of carbonyl (C=O) groups excluding carboxylic acids is 1. The third kappa shape index (κ3) is 4.46. The quantitative estimate of drug-likeness (QED) is 0.887. The van der Waals surface area contributed by atoms with E-state index in [1.165, 1.54) is 24.1 Å². The molecular weight excluding hydrogens is 320 g/mol. The molecule has 5 nitrogen and oxygen atoms in total. The lowest BCUT2D eigenvalue weighted by molar-refractivity contribution is 0.0914. The molecule has 0 spiro atoms. The van der Waals surface area contributed by atoms with Gasteiger partial charge in [-0.25, -0.2) is 13.4 Å². The number of nitrogens with zero attached hydrogens (tertiary/aromatic N) is 1. The summed E-state index contributed by atoms with van der Waals surface area (Å²) in [5.41, 5.74) is -0.00348. The lowest BCUT2D eigenvalue weighted by atomic mass is 9.87. The number of hydrogen-bond acceptors (Lipinski definition) is 5. The van der Waals surface area contributed by atoms with Crippen LogP contribution < -0.4 is 5.32 Å². The van der Waals surface area contributed by atoms with Crippen LogP contribution in [0.15, 0.2) is 23.2 Å². The van der Waals surface area contributed by atoms with E-state index >= 15 is 0 Å². The number of aromatic nitrogens is 1. The summed E-state index contributed by atoms with van der Waals surface area (Å²) in [6.45, 7) is 0. The van der Waals surface area contributed by atoms with Crippen molar-refractivity contribution in [2.24, 2.45) is 5.92 Å². The predicted octanol–water partition coefficient (Wildman–Crippen LogP) is 2.14. The van der Waals surface area contributed by atoms with Crippen molar-refractivity contribution >= 4 is 27.5 Å². The summed E-state index contributed by atoms with van der Waals surface area (Å²) in [7, 11) is -3.46. The van der Waals surface area contributed by atoms with Crippen LogP contribution in [-0.4, -0.2) is 43.6 Å². The highest BCUT2D eigenvalue weighted by atomic mass is 32.2. The average molecular weight is 342 g/mol. The second kappa shape index (κ2) is 7.46. The first-order valence-electron chi connectivity index (χ1n) is 7.36. The largest absolute Gasteiger partial charge is 0.348 e. The van der Waals surface area contributed by atoms with Gasteiger partial charge in [-0.15, -0.1) is 0 Å². The van der Waals surface area contributed by atoms with Crippen LogP contribution in [0.3, 0.4) is 0 Å². The molecule has 1 N–H and O–H groups in total. The van der Waals surface area contributed by atoms with Crippen molar-refractivity contribution < 1.29 is 13.2 Å². The Kier molecular flexibility index (Phi) is 5.86. The van der Waals surface area contributed by atoms with E-state index in [1.807, 2.05) is 11.8 Å². The van der Waals surface area contributed by atoms with Crippen LogP contribution in [0, 0.1) is 5.92 Å². The number of hydrogen-bond donors (Lipinski definition) is 1. The lowest BCUT2D eigenvalue weighted by Gasteiger charge is -2.28. The van der Waals surface area contributed by atoms with Gasteiger partial charge in [0.2, 0.25) is 0 Å². The van der Waals surface area contributed by atoms with Crippen LogP contribution in [-0.2, 0) is 9.84 Å². The summed E-state index contributed by atoms with van der Waals surface area (Å²) < 4.78 is 23.5. The molecule has 1 aromatic rings. The molecule has 0 bridgehead atoms. The molecule has 1 aliphatic rings. The number of thioether (sulfide) groups is 1. The van der Waals surface area contributed by atoms with Gasteiger partial charge in [0.1, 0.15) is 5.69 Å². The first-order chi connectivity index (χ1) is 10.4. The number of pyridine rings is 1. The number of carbonyl (C=O) groups is 1. The van der Waals surface area contributed by atoms with Gasteiger partial charge < -0.3 is 5.32 Å². The molecule has 2 rings (SSSR count). The zero-order valence-electron chi connectivity index (χ0n) is 12.9. The van der Waals surface area contributed by atoms with E-state index in [0.29, 0.717) is 0 Å². The van der Waals surface area contributed by atoms with Gasteiger partial charge >= 0.3 is 0 Å². The fourth-order valence-electron chi connectivity index (χ4n) is 2.82. The normalized spacial score (nSPS) is 22.3. The molecule has 1 saturated carbocycles. The molecule has 1 amide bonds. The molecule has 0 unspecified atom stereocenters. The summed E-state index contributed by atoms with van der Waals surface area (Å²) in [6.07, 6.45) is 8.74. The Bertz CT molecular complexity index is 623. The Morgan fingerprint density at radius 1 is 1.36 bits per heavy atom. The minimum Gasteiger partial charge on any atom is -0.348 e. The fourth-order valence-corrected chi connectivity index (χ4v) is 4.45. The zero-order valence-corrected chi connectivity index (χ0v) is 14.5. The van der Waals surface area contributed by atoms with Crippen molar-refractivity contribution in [2.45, 2.75) is 36.6 Å². The lowest BCUT2D eigenvalue weighted by Crippen LogP contribution is -2.38. The van der Waals surface area contributed by atoms with Gasteiger partial charge in [-0.1, -0.05) is 0 Å². The average Bonchev–Trinajstić information content (AvgIpc) is 2.48. The SMILES string of the molecule is CSCC1CCC(NC(=O)c2ncccc2S(C)(=O)=O)CC1. The van der Waals surface area contributed by atoms with Gasteiger partial charge in [-0.3, -0.25) is 4.79 Å². The van der Waals surface area contributed by atoms with Crippen LogP contribution in [0.4, 0.5) is 0 Å². The molecule has 1 fully saturated rings. The number of nitrogens with one attached hydrogen (secondary N) is 1. The van der Waals surface area contributed by atoms with Gasteiger partial charge in [0, 0.05) is 18.5 Å². The van der Waals surface area contributed by atoms with Crippen molar-refractivity contribution in [3.8, 4) is 0 Å². The fraction of sp³-hybridized carbons (Fsp3) is 0.600. The van der Waals surface area contributed by atoms with Crippen molar-refractivity contribution in [2.75, 3.05) is 18.3 Å². The highest BCUT2D eigenvalue weighted by Crippen LogP contribution is 2.27. The molecule has 7 heteroatoms. The Morgan fingerprint density at radius 3 is 2.64 bits per heavy atom. The summed E-state index contributed by atoms with van der Waals surface area (Å²) in [5.74, 6) is 1.50. The van der Waals surface area contributed by atoms with Crippen molar-refractivity contribution in [1.29, 1.82) is 0 Å². The van der Waals surface area contributed by atoms with Crippen LogP contribution in [0.2, 0.25) is 0 Å². The van der Waals surface area contributed by atoms with E-state index in [2.05, 4.69) is 16.6 Å². The van der Waals surface area contributed by atoms with E-state index in [1.54, 1.807) is 0 Å². The van der Waals surface area contributed by atoms with Gasteiger partial charge in [-0.05, 0) is 55.7 Å².